The molecule has 0 unspecified atom stereocenters. The van der Waals surface area contributed by atoms with Gasteiger partial charge in [0.15, 0.2) is 0 Å². The molecule has 0 bridgehead atoms. The summed E-state index contributed by atoms with van der Waals surface area (Å²) in [5.74, 6) is -1.04. The van der Waals surface area contributed by atoms with Gasteiger partial charge in [-0.3, -0.25) is 9.36 Å². The number of carbonyl (C=O) groups excluding carboxylic acids is 1. The molecule has 6 heteroatoms. The van der Waals surface area contributed by atoms with E-state index >= 15 is 0 Å². The minimum absolute atomic E-state index is 0.0663. The predicted molar refractivity (Wildman–Crippen MR) is 89.0 cm³/mol. The van der Waals surface area contributed by atoms with Crippen molar-refractivity contribution in [3.05, 3.63) is 83.3 Å². The summed E-state index contributed by atoms with van der Waals surface area (Å²) < 4.78 is 15.4. The van der Waals surface area contributed by atoms with Crippen LogP contribution in [0.1, 0.15) is 0 Å². The van der Waals surface area contributed by atoms with Crippen LogP contribution in [0.4, 0.5) is 10.1 Å². The van der Waals surface area contributed by atoms with Crippen molar-refractivity contribution in [2.24, 2.45) is 0 Å². The minimum Gasteiger partial charge on any atom is -0.322 e. The average molecular weight is 323 g/mol. The molecule has 24 heavy (non-hydrogen) atoms. The maximum atomic E-state index is 14.2. The van der Waals surface area contributed by atoms with Crippen LogP contribution in [0.15, 0.2) is 71.8 Å². The van der Waals surface area contributed by atoms with Crippen LogP contribution in [0.3, 0.4) is 0 Å². The molecular weight excluding hydrogens is 309 g/mol. The van der Waals surface area contributed by atoms with E-state index in [2.05, 4.69) is 10.3 Å². The fourth-order valence-electron chi connectivity index (χ4n) is 2.28. The summed E-state index contributed by atoms with van der Waals surface area (Å²) in [5.41, 5.74) is 1.13. The van der Waals surface area contributed by atoms with Crippen molar-refractivity contribution >= 4 is 11.6 Å². The highest BCUT2D eigenvalue weighted by molar-refractivity contribution is 5.91. The lowest BCUT2D eigenvalue weighted by molar-refractivity contribution is -0.116. The van der Waals surface area contributed by atoms with E-state index in [1.165, 1.54) is 24.5 Å². The fraction of sp³-hybridized carbons (Fsp3) is 0.0556. The zero-order valence-corrected chi connectivity index (χ0v) is 12.6. The van der Waals surface area contributed by atoms with Gasteiger partial charge in [-0.15, -0.1) is 0 Å². The van der Waals surface area contributed by atoms with Gasteiger partial charge in [0.1, 0.15) is 12.4 Å². The molecule has 0 aliphatic rings. The van der Waals surface area contributed by atoms with Crippen molar-refractivity contribution < 1.29 is 9.18 Å². The van der Waals surface area contributed by atoms with E-state index in [0.29, 0.717) is 0 Å². The zero-order chi connectivity index (χ0) is 16.9. The maximum absolute atomic E-state index is 14.2. The molecule has 0 spiro atoms. The van der Waals surface area contributed by atoms with Crippen LogP contribution in [0.2, 0.25) is 0 Å². The van der Waals surface area contributed by atoms with Crippen molar-refractivity contribution in [3.63, 3.8) is 0 Å². The first-order chi connectivity index (χ1) is 11.6. The van der Waals surface area contributed by atoms with E-state index in [1.54, 1.807) is 12.1 Å². The topological polar surface area (TPSA) is 64.0 Å². The summed E-state index contributed by atoms with van der Waals surface area (Å²) >= 11 is 0. The van der Waals surface area contributed by atoms with Crippen LogP contribution >= 0.6 is 0 Å². The van der Waals surface area contributed by atoms with Gasteiger partial charge in [-0.05, 0) is 29.3 Å². The molecule has 1 amide bonds. The Kier molecular flexibility index (Phi) is 4.47. The number of nitrogens with zero attached hydrogens (tertiary/aromatic N) is 2. The van der Waals surface area contributed by atoms with Crippen LogP contribution in [0.5, 0.6) is 0 Å². The summed E-state index contributed by atoms with van der Waals surface area (Å²) in [6.45, 7) is -0.230. The molecule has 2 aromatic carbocycles. The minimum atomic E-state index is -0.539. The number of nitrogens with one attached hydrogen (secondary N) is 1. The number of carbonyl (C=O) groups is 1. The lowest BCUT2D eigenvalue weighted by atomic mass is 10.1. The van der Waals surface area contributed by atoms with Crippen LogP contribution in [-0.4, -0.2) is 15.5 Å². The van der Waals surface area contributed by atoms with E-state index < -0.39 is 17.4 Å². The quantitative estimate of drug-likeness (QED) is 0.803. The maximum Gasteiger partial charge on any atom is 0.347 e. The zero-order valence-electron chi connectivity index (χ0n) is 12.6. The van der Waals surface area contributed by atoms with E-state index in [0.717, 1.165) is 15.7 Å². The Morgan fingerprint density at radius 3 is 2.58 bits per heavy atom. The number of amides is 1. The normalized spacial score (nSPS) is 10.4. The average Bonchev–Trinajstić information content (AvgIpc) is 2.59. The van der Waals surface area contributed by atoms with Crippen LogP contribution in [-0.2, 0) is 11.3 Å². The molecule has 1 aromatic heterocycles. The van der Waals surface area contributed by atoms with Gasteiger partial charge in [0, 0.05) is 12.4 Å². The number of halogens is 1. The molecular formula is C18H14FN3O2. The second-order valence-electron chi connectivity index (χ2n) is 5.14. The summed E-state index contributed by atoms with van der Waals surface area (Å²) in [4.78, 5) is 27.0. The third-order valence-electron chi connectivity index (χ3n) is 3.45. The van der Waals surface area contributed by atoms with Crippen molar-refractivity contribution in [2.75, 3.05) is 5.32 Å². The highest BCUT2D eigenvalue weighted by Crippen LogP contribution is 2.24. The van der Waals surface area contributed by atoms with Gasteiger partial charge >= 0.3 is 5.69 Å². The standard InChI is InChI=1S/C18H14FN3O2/c19-15-11-14(13-5-2-1-3-6-13)7-8-16(15)21-17(23)12-22-10-4-9-20-18(22)24/h1-11H,12H2,(H,21,23). The highest BCUT2D eigenvalue weighted by Gasteiger charge is 2.10. The monoisotopic (exact) mass is 323 g/mol. The van der Waals surface area contributed by atoms with Gasteiger partial charge < -0.3 is 5.32 Å². The van der Waals surface area contributed by atoms with Crippen LogP contribution in [0.25, 0.3) is 11.1 Å². The first kappa shape index (κ1) is 15.6. The Labute approximate surface area is 137 Å². The molecule has 0 atom stereocenters. The Morgan fingerprint density at radius 1 is 1.08 bits per heavy atom. The molecule has 1 N–H and O–H groups in total. The van der Waals surface area contributed by atoms with Crippen LogP contribution < -0.4 is 11.0 Å². The molecule has 0 saturated carbocycles. The Hall–Kier alpha value is -3.28. The molecule has 0 aliphatic heterocycles. The largest absolute Gasteiger partial charge is 0.347 e. The number of aromatic nitrogens is 2. The van der Waals surface area contributed by atoms with Crippen LogP contribution in [0, 0.1) is 5.82 Å². The lowest BCUT2D eigenvalue weighted by Gasteiger charge is -2.09. The Morgan fingerprint density at radius 2 is 1.88 bits per heavy atom. The summed E-state index contributed by atoms with van der Waals surface area (Å²) in [6, 6.07) is 15.5. The molecule has 5 nitrogen and oxygen atoms in total. The lowest BCUT2D eigenvalue weighted by Crippen LogP contribution is -2.28. The van der Waals surface area contributed by atoms with E-state index in [4.69, 9.17) is 0 Å². The van der Waals surface area contributed by atoms with Crippen molar-refractivity contribution in [1.82, 2.24) is 9.55 Å². The Bertz CT molecular complexity index is 923. The predicted octanol–water partition coefficient (Wildman–Crippen LogP) is 2.69. The smallest absolute Gasteiger partial charge is 0.322 e. The molecule has 120 valence electrons. The van der Waals surface area contributed by atoms with Gasteiger partial charge in [0.2, 0.25) is 5.91 Å². The summed E-state index contributed by atoms with van der Waals surface area (Å²) in [7, 11) is 0. The molecule has 3 aromatic rings. The molecule has 0 saturated heterocycles. The van der Waals surface area contributed by atoms with Gasteiger partial charge in [-0.25, -0.2) is 14.2 Å². The first-order valence-electron chi connectivity index (χ1n) is 7.30. The van der Waals surface area contributed by atoms with Gasteiger partial charge in [-0.1, -0.05) is 36.4 Å². The Balaban J connectivity index is 1.75. The van der Waals surface area contributed by atoms with E-state index in [-0.39, 0.29) is 12.2 Å². The molecule has 0 radical (unpaired) electrons. The number of benzene rings is 2. The van der Waals surface area contributed by atoms with Gasteiger partial charge in [-0.2, -0.15) is 0 Å². The van der Waals surface area contributed by atoms with Gasteiger partial charge in [0.25, 0.3) is 0 Å². The van der Waals surface area contributed by atoms with E-state index in [9.17, 15) is 14.0 Å². The molecule has 3 rings (SSSR count). The van der Waals surface area contributed by atoms with Crippen molar-refractivity contribution in [3.8, 4) is 11.1 Å². The highest BCUT2D eigenvalue weighted by atomic mass is 19.1. The second kappa shape index (κ2) is 6.87. The van der Waals surface area contributed by atoms with Crippen molar-refractivity contribution in [1.29, 1.82) is 0 Å². The number of hydrogen-bond acceptors (Lipinski definition) is 3. The molecule has 0 aliphatic carbocycles. The van der Waals surface area contributed by atoms with Crippen molar-refractivity contribution in [2.45, 2.75) is 6.54 Å². The van der Waals surface area contributed by atoms with E-state index in [1.807, 2.05) is 30.3 Å². The molecule has 1 heterocycles. The third kappa shape index (κ3) is 3.55. The first-order valence-corrected chi connectivity index (χ1v) is 7.30. The fourth-order valence-corrected chi connectivity index (χ4v) is 2.28. The summed E-state index contributed by atoms with van der Waals surface area (Å²) in [6.07, 6.45) is 2.79. The van der Waals surface area contributed by atoms with Gasteiger partial charge in [0.05, 0.1) is 5.69 Å². The number of rotatable bonds is 4. The molecule has 0 fully saturated rings. The second-order valence-corrected chi connectivity index (χ2v) is 5.14. The summed E-state index contributed by atoms with van der Waals surface area (Å²) in [5, 5.41) is 2.46. The SMILES string of the molecule is O=C(Cn1cccnc1=O)Nc1ccc(-c2ccccc2)cc1F. The number of hydrogen-bond donors (Lipinski definition) is 1. The third-order valence-corrected chi connectivity index (χ3v) is 3.45. The number of anilines is 1.